The summed E-state index contributed by atoms with van der Waals surface area (Å²) in [6.07, 6.45) is 10.6. The highest BCUT2D eigenvalue weighted by Gasteiger charge is 2.07. The number of benzene rings is 1. The zero-order valence-electron chi connectivity index (χ0n) is 11.1. The van der Waals surface area contributed by atoms with Crippen LogP contribution in [0.15, 0.2) is 42.6 Å². The molecular formula is C17H20NO+. The Kier molecular flexibility index (Phi) is 4.94. The molecule has 1 aromatic carbocycles. The lowest BCUT2D eigenvalue weighted by Gasteiger charge is -2.03. The molecule has 2 rings (SSSR count). The van der Waals surface area contributed by atoms with Crippen LogP contribution in [0.2, 0.25) is 0 Å². The summed E-state index contributed by atoms with van der Waals surface area (Å²) in [5.74, 6) is 2.35. The lowest BCUT2D eigenvalue weighted by atomic mass is 10.1. The first-order valence-electron chi connectivity index (χ1n) is 6.82. The first kappa shape index (κ1) is 13.6. The van der Waals surface area contributed by atoms with Gasteiger partial charge in [0.15, 0.2) is 6.20 Å². The Labute approximate surface area is 114 Å². The molecule has 0 aliphatic heterocycles. The first-order chi connectivity index (χ1) is 9.31. The lowest BCUT2D eigenvalue weighted by molar-refractivity contribution is -0.671. The molecule has 2 aromatic rings. The highest BCUT2D eigenvalue weighted by Crippen LogP contribution is 2.09. The van der Waals surface area contributed by atoms with E-state index in [1.807, 2.05) is 0 Å². The molecule has 0 fully saturated rings. The van der Waals surface area contributed by atoms with Crippen LogP contribution in [-0.4, -0.2) is 11.2 Å². The molecule has 19 heavy (non-hydrogen) atoms. The number of rotatable bonds is 6. The number of pyridine rings is 1. The molecule has 1 heterocycles. The number of aliphatic hydroxyl groups is 1. The van der Waals surface area contributed by atoms with Gasteiger partial charge in [0.05, 0.1) is 0 Å². The minimum atomic E-state index is -0.579. The number of hydrogen-bond donors (Lipinski definition) is 1. The Morgan fingerprint density at radius 1 is 1.11 bits per heavy atom. The van der Waals surface area contributed by atoms with E-state index in [9.17, 15) is 5.11 Å². The first-order valence-corrected chi connectivity index (χ1v) is 6.82. The van der Waals surface area contributed by atoms with Crippen molar-refractivity contribution in [3.63, 3.8) is 0 Å². The third-order valence-electron chi connectivity index (χ3n) is 3.36. The monoisotopic (exact) mass is 254 g/mol. The molecule has 1 N–H and O–H groups in total. The summed E-state index contributed by atoms with van der Waals surface area (Å²) < 4.78 is 2.28. The molecule has 0 bridgehead atoms. The topological polar surface area (TPSA) is 24.1 Å². The summed E-state index contributed by atoms with van der Waals surface area (Å²) in [6, 6.07) is 12.6. The predicted octanol–water partition coefficient (Wildman–Crippen LogP) is 2.68. The average Bonchev–Trinajstić information content (AvgIpc) is 2.46. The summed E-state index contributed by atoms with van der Waals surface area (Å²) in [4.78, 5) is 0. The van der Waals surface area contributed by atoms with Crippen molar-refractivity contribution in [3.8, 4) is 12.3 Å². The third kappa shape index (κ3) is 3.81. The van der Waals surface area contributed by atoms with Gasteiger partial charge in [0.2, 0.25) is 5.52 Å². The largest absolute Gasteiger partial charge is 0.380 e. The number of aliphatic hydroxyl groups excluding tert-OH is 1. The van der Waals surface area contributed by atoms with E-state index in [1.54, 1.807) is 0 Å². The second-order valence-electron chi connectivity index (χ2n) is 4.79. The number of aryl methyl sites for hydroxylation is 1. The molecule has 2 heteroatoms. The number of unbranched alkanes of at least 4 members (excludes halogenated alkanes) is 2. The van der Waals surface area contributed by atoms with Crippen LogP contribution in [-0.2, 0) is 6.54 Å². The van der Waals surface area contributed by atoms with Gasteiger partial charge in [0, 0.05) is 23.9 Å². The number of fused-ring (bicyclic) bond motifs is 1. The van der Waals surface area contributed by atoms with Crippen LogP contribution in [0.25, 0.3) is 10.9 Å². The smallest absolute Gasteiger partial charge is 0.212 e. The number of aromatic nitrogens is 1. The van der Waals surface area contributed by atoms with Crippen LogP contribution < -0.4 is 4.57 Å². The van der Waals surface area contributed by atoms with Crippen molar-refractivity contribution in [1.82, 2.24) is 0 Å². The lowest BCUT2D eigenvalue weighted by Crippen LogP contribution is -2.33. The molecule has 0 radical (unpaired) electrons. The molecule has 0 spiro atoms. The maximum atomic E-state index is 9.27. The summed E-state index contributed by atoms with van der Waals surface area (Å²) >= 11 is 0. The van der Waals surface area contributed by atoms with Crippen molar-refractivity contribution in [2.45, 2.75) is 38.3 Å². The van der Waals surface area contributed by atoms with Gasteiger partial charge in [-0.25, -0.2) is 0 Å². The Hall–Kier alpha value is -1.85. The molecule has 0 amide bonds. The van der Waals surface area contributed by atoms with Crippen molar-refractivity contribution in [2.24, 2.45) is 0 Å². The van der Waals surface area contributed by atoms with Crippen LogP contribution in [0.5, 0.6) is 0 Å². The zero-order chi connectivity index (χ0) is 13.5. The van der Waals surface area contributed by atoms with Gasteiger partial charge >= 0.3 is 0 Å². The highest BCUT2D eigenvalue weighted by molar-refractivity contribution is 5.74. The Bertz CT molecular complexity index is 565. The van der Waals surface area contributed by atoms with E-state index >= 15 is 0 Å². The fourth-order valence-electron chi connectivity index (χ4n) is 2.30. The number of para-hydroxylation sites is 1. The van der Waals surface area contributed by atoms with E-state index < -0.39 is 6.10 Å². The van der Waals surface area contributed by atoms with E-state index in [2.05, 4.69) is 53.1 Å². The minimum absolute atomic E-state index is 0.579. The number of hydrogen-bond acceptors (Lipinski definition) is 1. The van der Waals surface area contributed by atoms with Crippen LogP contribution in [0, 0.1) is 12.3 Å². The van der Waals surface area contributed by atoms with Crippen LogP contribution >= 0.6 is 0 Å². The second kappa shape index (κ2) is 6.92. The molecule has 98 valence electrons. The van der Waals surface area contributed by atoms with Gasteiger partial charge in [-0.05, 0) is 31.4 Å². The van der Waals surface area contributed by atoms with E-state index in [-0.39, 0.29) is 0 Å². The summed E-state index contributed by atoms with van der Waals surface area (Å²) in [5, 5.41) is 10.5. The van der Waals surface area contributed by atoms with E-state index in [0.717, 1.165) is 25.8 Å². The molecule has 0 saturated carbocycles. The fourth-order valence-corrected chi connectivity index (χ4v) is 2.30. The van der Waals surface area contributed by atoms with Gasteiger partial charge in [-0.2, -0.15) is 4.57 Å². The molecule has 1 unspecified atom stereocenters. The average molecular weight is 254 g/mol. The van der Waals surface area contributed by atoms with Crippen molar-refractivity contribution < 1.29 is 9.67 Å². The Balaban J connectivity index is 1.87. The number of nitrogens with zero attached hydrogens (tertiary/aromatic N) is 1. The molecule has 0 aliphatic rings. The van der Waals surface area contributed by atoms with E-state index in [0.29, 0.717) is 6.42 Å². The van der Waals surface area contributed by atoms with Gasteiger partial charge < -0.3 is 5.11 Å². The van der Waals surface area contributed by atoms with Crippen molar-refractivity contribution in [2.75, 3.05) is 0 Å². The highest BCUT2D eigenvalue weighted by atomic mass is 16.3. The van der Waals surface area contributed by atoms with Crippen molar-refractivity contribution in [3.05, 3.63) is 42.6 Å². The molecule has 0 aliphatic carbocycles. The Morgan fingerprint density at radius 2 is 1.89 bits per heavy atom. The van der Waals surface area contributed by atoms with Gasteiger partial charge in [-0.1, -0.05) is 18.1 Å². The van der Waals surface area contributed by atoms with Gasteiger partial charge in [-0.15, -0.1) is 6.42 Å². The SMILES string of the molecule is C#CC(O)CCCCC[n+]1cccc2ccccc21. The van der Waals surface area contributed by atoms with Crippen LogP contribution in [0.3, 0.4) is 0 Å². The molecular weight excluding hydrogens is 234 g/mol. The summed E-state index contributed by atoms with van der Waals surface area (Å²) in [5.41, 5.74) is 1.27. The molecule has 1 aromatic heterocycles. The standard InChI is InChI=1S/C17H20NO/c1-2-16(19)11-4-3-7-13-18-14-8-10-15-9-5-6-12-17(15)18/h1,5-6,8-10,12,14,16,19H,3-4,7,11,13H2/q+1. The molecule has 1 atom stereocenters. The van der Waals surface area contributed by atoms with E-state index in [4.69, 9.17) is 6.42 Å². The van der Waals surface area contributed by atoms with Gasteiger partial charge in [0.1, 0.15) is 12.6 Å². The zero-order valence-corrected chi connectivity index (χ0v) is 11.1. The third-order valence-corrected chi connectivity index (χ3v) is 3.36. The van der Waals surface area contributed by atoms with Crippen molar-refractivity contribution >= 4 is 10.9 Å². The van der Waals surface area contributed by atoms with Gasteiger partial charge in [0.25, 0.3) is 0 Å². The molecule has 2 nitrogen and oxygen atoms in total. The maximum absolute atomic E-state index is 9.27. The van der Waals surface area contributed by atoms with Crippen LogP contribution in [0.4, 0.5) is 0 Å². The predicted molar refractivity (Wildman–Crippen MR) is 77.5 cm³/mol. The quantitative estimate of drug-likeness (QED) is 0.478. The van der Waals surface area contributed by atoms with Gasteiger partial charge in [-0.3, -0.25) is 0 Å². The van der Waals surface area contributed by atoms with E-state index in [1.165, 1.54) is 10.9 Å². The summed E-state index contributed by atoms with van der Waals surface area (Å²) in [6.45, 7) is 1.01. The maximum Gasteiger partial charge on any atom is 0.212 e. The fraction of sp³-hybridized carbons (Fsp3) is 0.353. The number of terminal acetylenes is 1. The minimum Gasteiger partial charge on any atom is -0.380 e. The molecule has 0 saturated heterocycles. The summed E-state index contributed by atoms with van der Waals surface area (Å²) in [7, 11) is 0. The second-order valence-corrected chi connectivity index (χ2v) is 4.79. The van der Waals surface area contributed by atoms with Crippen molar-refractivity contribution in [1.29, 1.82) is 0 Å². The normalized spacial score (nSPS) is 12.2. The van der Waals surface area contributed by atoms with Crippen LogP contribution in [0.1, 0.15) is 25.7 Å². The Morgan fingerprint density at radius 3 is 2.74 bits per heavy atom.